The van der Waals surface area contributed by atoms with Crippen molar-refractivity contribution in [1.82, 2.24) is 9.55 Å². The van der Waals surface area contributed by atoms with Crippen molar-refractivity contribution in [2.45, 2.75) is 25.3 Å². The summed E-state index contributed by atoms with van der Waals surface area (Å²) in [7, 11) is 0. The molecule has 21 heavy (non-hydrogen) atoms. The highest BCUT2D eigenvalue weighted by Gasteiger charge is 2.25. The first-order chi connectivity index (χ1) is 10.3. The van der Waals surface area contributed by atoms with Crippen LogP contribution in [0.4, 0.5) is 0 Å². The summed E-state index contributed by atoms with van der Waals surface area (Å²) in [6, 6.07) is 10.0. The minimum absolute atomic E-state index is 0.102. The predicted molar refractivity (Wildman–Crippen MR) is 78.1 cm³/mol. The number of nitrogens with zero attached hydrogens (tertiary/aromatic N) is 2. The Kier molecular flexibility index (Phi) is 4.01. The minimum Gasteiger partial charge on any atom is -0.481 e. The van der Waals surface area contributed by atoms with Crippen molar-refractivity contribution in [3.05, 3.63) is 42.4 Å². The van der Waals surface area contributed by atoms with Crippen LogP contribution in [-0.2, 0) is 16.1 Å². The lowest BCUT2D eigenvalue weighted by molar-refractivity contribution is -0.137. The van der Waals surface area contributed by atoms with Crippen molar-refractivity contribution in [1.29, 1.82) is 0 Å². The molecule has 0 radical (unpaired) electrons. The number of carboxylic acid groups (broad SMARTS) is 1. The maximum atomic E-state index is 10.8. The summed E-state index contributed by atoms with van der Waals surface area (Å²) in [4.78, 5) is 15.3. The molecule has 3 rings (SSSR count). The van der Waals surface area contributed by atoms with Crippen LogP contribution in [0.25, 0.3) is 11.3 Å². The van der Waals surface area contributed by atoms with E-state index in [-0.39, 0.29) is 12.3 Å². The fraction of sp³-hybridized carbons (Fsp3) is 0.375. The summed E-state index contributed by atoms with van der Waals surface area (Å²) in [6.45, 7) is 1.88. The van der Waals surface area contributed by atoms with Crippen molar-refractivity contribution in [3.8, 4) is 11.3 Å². The number of ether oxygens (including phenoxy) is 1. The van der Waals surface area contributed by atoms with Crippen LogP contribution in [0.3, 0.4) is 0 Å². The Morgan fingerprint density at radius 1 is 1.38 bits per heavy atom. The zero-order valence-corrected chi connectivity index (χ0v) is 11.7. The molecule has 1 aromatic carbocycles. The van der Waals surface area contributed by atoms with Gasteiger partial charge in [-0.15, -0.1) is 0 Å². The summed E-state index contributed by atoms with van der Waals surface area (Å²) in [6.07, 6.45) is 2.81. The van der Waals surface area contributed by atoms with Gasteiger partial charge in [-0.25, -0.2) is 4.98 Å². The Morgan fingerprint density at radius 3 is 2.86 bits per heavy atom. The van der Waals surface area contributed by atoms with Crippen LogP contribution in [0.5, 0.6) is 0 Å². The number of aryl methyl sites for hydroxylation is 1. The van der Waals surface area contributed by atoms with Gasteiger partial charge in [-0.3, -0.25) is 4.79 Å². The molecule has 1 aliphatic rings. The third kappa shape index (κ3) is 2.97. The summed E-state index contributed by atoms with van der Waals surface area (Å²) in [5.41, 5.74) is 3.10. The predicted octanol–water partition coefficient (Wildman–Crippen LogP) is 2.53. The smallest absolute Gasteiger partial charge is 0.305 e. The molecule has 0 amide bonds. The first-order valence-corrected chi connectivity index (χ1v) is 7.15. The number of aromatic nitrogens is 2. The van der Waals surface area contributed by atoms with E-state index in [4.69, 9.17) is 9.84 Å². The van der Waals surface area contributed by atoms with Crippen LogP contribution in [0.1, 0.15) is 24.5 Å². The van der Waals surface area contributed by atoms with Gasteiger partial charge in [-0.2, -0.15) is 0 Å². The summed E-state index contributed by atoms with van der Waals surface area (Å²) < 4.78 is 7.46. The van der Waals surface area contributed by atoms with Gasteiger partial charge >= 0.3 is 5.97 Å². The second-order valence-corrected chi connectivity index (χ2v) is 5.24. The van der Waals surface area contributed by atoms with Gasteiger partial charge in [0.2, 0.25) is 0 Å². The largest absolute Gasteiger partial charge is 0.481 e. The number of hydrogen-bond acceptors (Lipinski definition) is 3. The second-order valence-electron chi connectivity index (χ2n) is 5.24. The average Bonchev–Trinajstić information content (AvgIpc) is 3.15. The molecule has 5 nitrogen and oxygen atoms in total. The van der Waals surface area contributed by atoms with Gasteiger partial charge in [0, 0.05) is 24.6 Å². The normalized spacial score (nSPS) is 18.0. The molecule has 1 saturated heterocycles. The van der Waals surface area contributed by atoms with E-state index in [1.807, 2.05) is 34.9 Å². The SMILES string of the molecule is O=C(O)CCn1cnc(-c2ccccc2)c1[C@@H]1CCOC1. The molecule has 0 unspecified atom stereocenters. The van der Waals surface area contributed by atoms with Gasteiger partial charge in [0.05, 0.1) is 30.7 Å². The van der Waals surface area contributed by atoms with E-state index >= 15 is 0 Å². The van der Waals surface area contributed by atoms with E-state index in [1.54, 1.807) is 6.33 Å². The van der Waals surface area contributed by atoms with E-state index in [0.717, 1.165) is 30.0 Å². The zero-order chi connectivity index (χ0) is 14.7. The molecular formula is C16H18N2O3. The lowest BCUT2D eigenvalue weighted by atomic mass is 9.99. The van der Waals surface area contributed by atoms with Crippen LogP contribution in [0.15, 0.2) is 36.7 Å². The molecule has 1 N–H and O–H groups in total. The van der Waals surface area contributed by atoms with Crippen molar-refractivity contribution in [3.63, 3.8) is 0 Å². The molecule has 1 aliphatic heterocycles. The third-order valence-electron chi connectivity index (χ3n) is 3.81. The van der Waals surface area contributed by atoms with Crippen LogP contribution in [0.2, 0.25) is 0 Å². The van der Waals surface area contributed by atoms with Crippen LogP contribution >= 0.6 is 0 Å². The molecule has 1 aromatic heterocycles. The first kappa shape index (κ1) is 13.8. The number of hydrogen-bond donors (Lipinski definition) is 1. The van der Waals surface area contributed by atoms with E-state index in [9.17, 15) is 4.79 Å². The van der Waals surface area contributed by atoms with Gasteiger partial charge in [0.25, 0.3) is 0 Å². The molecule has 1 atom stereocenters. The quantitative estimate of drug-likeness (QED) is 0.917. The van der Waals surface area contributed by atoms with Gasteiger partial charge in [-0.1, -0.05) is 30.3 Å². The molecule has 110 valence electrons. The number of benzene rings is 1. The molecule has 0 saturated carbocycles. The summed E-state index contributed by atoms with van der Waals surface area (Å²) in [5, 5.41) is 8.90. The number of imidazole rings is 1. The number of carbonyl (C=O) groups is 1. The first-order valence-electron chi connectivity index (χ1n) is 7.15. The molecule has 5 heteroatoms. The topological polar surface area (TPSA) is 64.3 Å². The Hall–Kier alpha value is -2.14. The minimum atomic E-state index is -0.793. The fourth-order valence-corrected chi connectivity index (χ4v) is 2.78. The molecule has 1 fully saturated rings. The second kappa shape index (κ2) is 6.10. The zero-order valence-electron chi connectivity index (χ0n) is 11.7. The highest BCUT2D eigenvalue weighted by molar-refractivity contribution is 5.67. The number of aliphatic carboxylic acids is 1. The summed E-state index contributed by atoms with van der Waals surface area (Å²) >= 11 is 0. The van der Waals surface area contributed by atoms with Crippen LogP contribution in [-0.4, -0.2) is 33.8 Å². The van der Waals surface area contributed by atoms with Gasteiger partial charge in [0.1, 0.15) is 0 Å². The average molecular weight is 286 g/mol. The molecule has 0 bridgehead atoms. The number of carboxylic acids is 1. The standard InChI is InChI=1S/C16H18N2O3/c19-14(20)6-8-18-11-17-15(12-4-2-1-3-5-12)16(18)13-7-9-21-10-13/h1-5,11,13H,6-10H2,(H,19,20)/t13-/m1/s1. The van der Waals surface area contributed by atoms with E-state index in [2.05, 4.69) is 4.98 Å². The van der Waals surface area contributed by atoms with Crippen LogP contribution in [0, 0.1) is 0 Å². The molecule has 0 spiro atoms. The monoisotopic (exact) mass is 286 g/mol. The Labute approximate surface area is 123 Å². The third-order valence-corrected chi connectivity index (χ3v) is 3.81. The lowest BCUT2D eigenvalue weighted by Gasteiger charge is -2.14. The Morgan fingerprint density at radius 2 is 2.19 bits per heavy atom. The van der Waals surface area contributed by atoms with Gasteiger partial charge in [-0.05, 0) is 6.42 Å². The highest BCUT2D eigenvalue weighted by Crippen LogP contribution is 2.33. The Balaban J connectivity index is 1.97. The van der Waals surface area contributed by atoms with E-state index < -0.39 is 5.97 Å². The lowest BCUT2D eigenvalue weighted by Crippen LogP contribution is -2.11. The molecular weight excluding hydrogens is 268 g/mol. The molecule has 2 aromatic rings. The van der Waals surface area contributed by atoms with E-state index in [1.165, 1.54) is 0 Å². The fourth-order valence-electron chi connectivity index (χ4n) is 2.78. The molecule has 2 heterocycles. The molecule has 0 aliphatic carbocycles. The number of rotatable bonds is 5. The maximum absolute atomic E-state index is 10.8. The highest BCUT2D eigenvalue weighted by atomic mass is 16.5. The maximum Gasteiger partial charge on any atom is 0.305 e. The van der Waals surface area contributed by atoms with E-state index in [0.29, 0.717) is 13.2 Å². The summed E-state index contributed by atoms with van der Waals surface area (Å²) in [5.74, 6) is -0.505. The Bertz CT molecular complexity index is 616. The van der Waals surface area contributed by atoms with Crippen LogP contribution < -0.4 is 0 Å². The van der Waals surface area contributed by atoms with Crippen molar-refractivity contribution < 1.29 is 14.6 Å². The van der Waals surface area contributed by atoms with Gasteiger partial charge in [0.15, 0.2) is 0 Å². The van der Waals surface area contributed by atoms with Gasteiger partial charge < -0.3 is 14.4 Å². The van der Waals surface area contributed by atoms with Crippen molar-refractivity contribution in [2.24, 2.45) is 0 Å². The van der Waals surface area contributed by atoms with Crippen molar-refractivity contribution >= 4 is 5.97 Å². The van der Waals surface area contributed by atoms with Crippen molar-refractivity contribution in [2.75, 3.05) is 13.2 Å².